The molecule has 1 aromatic carbocycles. The summed E-state index contributed by atoms with van der Waals surface area (Å²) in [6, 6.07) is 4.47. The summed E-state index contributed by atoms with van der Waals surface area (Å²) in [5, 5.41) is 0. The zero-order valence-electron chi connectivity index (χ0n) is 6.21. The Kier molecular flexibility index (Phi) is 2.53. The molecule has 0 unspecified atom stereocenters. The second-order valence-electron chi connectivity index (χ2n) is 2.37. The Balaban J connectivity index is 3.43. The minimum Gasteiger partial charge on any atom is -0.189 e. The van der Waals surface area contributed by atoms with Gasteiger partial charge >= 0.3 is 10.2 Å². The minimum atomic E-state index is -4.60. The second-order valence-corrected chi connectivity index (χ2v) is 4.54. The molecule has 0 aliphatic rings. The van der Waals surface area contributed by atoms with E-state index in [4.69, 9.17) is 0 Å². The van der Waals surface area contributed by atoms with Crippen LogP contribution in [0.2, 0.25) is 0 Å². The van der Waals surface area contributed by atoms with Crippen LogP contribution in [-0.2, 0) is 10.2 Å². The number of benzene rings is 1. The van der Waals surface area contributed by atoms with Crippen molar-refractivity contribution in [3.63, 3.8) is 0 Å². The van der Waals surface area contributed by atoms with Gasteiger partial charge in [-0.2, -0.15) is 8.42 Å². The molecule has 0 spiro atoms. The van der Waals surface area contributed by atoms with Crippen molar-refractivity contribution in [1.82, 2.24) is 0 Å². The Labute approximate surface area is 78.8 Å². The first-order valence-electron chi connectivity index (χ1n) is 3.12. The Morgan fingerprint density at radius 1 is 1.42 bits per heavy atom. The summed E-state index contributed by atoms with van der Waals surface area (Å²) in [5.74, 6) is 0. The summed E-state index contributed by atoms with van der Waals surface area (Å²) < 4.78 is 33.8. The lowest BCUT2D eigenvalue weighted by atomic mass is 10.2. The first-order chi connectivity index (χ1) is 5.41. The maximum atomic E-state index is 12.5. The SMILES string of the molecule is Cc1ccc(Br)c(S(=O)(=O)F)c1. The topological polar surface area (TPSA) is 34.1 Å². The van der Waals surface area contributed by atoms with E-state index in [1.165, 1.54) is 12.1 Å². The molecule has 0 aromatic heterocycles. The van der Waals surface area contributed by atoms with E-state index in [-0.39, 0.29) is 9.37 Å². The van der Waals surface area contributed by atoms with Crippen molar-refractivity contribution in [2.75, 3.05) is 0 Å². The van der Waals surface area contributed by atoms with E-state index < -0.39 is 10.2 Å². The average Bonchev–Trinajstić information content (AvgIpc) is 1.92. The first-order valence-corrected chi connectivity index (χ1v) is 5.30. The molecule has 0 N–H and O–H groups in total. The molecule has 12 heavy (non-hydrogen) atoms. The van der Waals surface area contributed by atoms with E-state index in [0.717, 1.165) is 0 Å². The summed E-state index contributed by atoms with van der Waals surface area (Å²) >= 11 is 2.95. The van der Waals surface area contributed by atoms with Crippen LogP contribution in [0.1, 0.15) is 5.56 Å². The van der Waals surface area contributed by atoms with Crippen molar-refractivity contribution >= 4 is 26.2 Å². The van der Waals surface area contributed by atoms with Gasteiger partial charge in [0.2, 0.25) is 0 Å². The van der Waals surface area contributed by atoms with E-state index in [0.29, 0.717) is 5.56 Å². The van der Waals surface area contributed by atoms with E-state index in [9.17, 15) is 12.3 Å². The molecule has 1 rings (SSSR count). The minimum absolute atomic E-state index is 0.246. The number of halogens is 2. The lowest BCUT2D eigenvalue weighted by Gasteiger charge is -1.99. The quantitative estimate of drug-likeness (QED) is 0.720. The van der Waals surface area contributed by atoms with Gasteiger partial charge in [-0.3, -0.25) is 0 Å². The monoisotopic (exact) mass is 252 g/mol. The van der Waals surface area contributed by atoms with Gasteiger partial charge in [-0.25, -0.2) is 0 Å². The highest BCUT2D eigenvalue weighted by Gasteiger charge is 2.15. The van der Waals surface area contributed by atoms with Crippen LogP contribution in [0.3, 0.4) is 0 Å². The van der Waals surface area contributed by atoms with Gasteiger partial charge in [-0.15, -0.1) is 3.89 Å². The molecule has 66 valence electrons. The molecule has 0 saturated heterocycles. The van der Waals surface area contributed by atoms with Gasteiger partial charge < -0.3 is 0 Å². The van der Waals surface area contributed by atoms with Crippen molar-refractivity contribution < 1.29 is 12.3 Å². The predicted molar refractivity (Wildman–Crippen MR) is 47.2 cm³/mol. The van der Waals surface area contributed by atoms with Crippen molar-refractivity contribution in [2.24, 2.45) is 0 Å². The molecular weight excluding hydrogens is 247 g/mol. The molecule has 0 atom stereocenters. The number of aryl methyl sites for hydroxylation is 1. The molecule has 0 saturated carbocycles. The fraction of sp³-hybridized carbons (Fsp3) is 0.143. The summed E-state index contributed by atoms with van der Waals surface area (Å²) in [6.07, 6.45) is 0. The van der Waals surface area contributed by atoms with Crippen LogP contribution in [-0.4, -0.2) is 8.42 Å². The van der Waals surface area contributed by atoms with Gasteiger partial charge in [-0.1, -0.05) is 6.07 Å². The van der Waals surface area contributed by atoms with Gasteiger partial charge in [0, 0.05) is 4.47 Å². The largest absolute Gasteiger partial charge is 0.333 e. The highest BCUT2D eigenvalue weighted by atomic mass is 79.9. The molecule has 0 bridgehead atoms. The molecule has 0 radical (unpaired) electrons. The highest BCUT2D eigenvalue weighted by molar-refractivity contribution is 9.10. The van der Waals surface area contributed by atoms with Crippen LogP contribution in [0.25, 0.3) is 0 Å². The molecule has 0 amide bonds. The Morgan fingerprint density at radius 2 is 2.00 bits per heavy atom. The number of hydrogen-bond donors (Lipinski definition) is 0. The third kappa shape index (κ3) is 2.04. The molecule has 0 aliphatic carbocycles. The van der Waals surface area contributed by atoms with Gasteiger partial charge in [0.1, 0.15) is 4.90 Å². The standard InChI is InChI=1S/C7H6BrFO2S/c1-5-2-3-6(8)7(4-5)12(9,10)11/h2-4H,1H3. The molecular formula is C7H6BrFO2S. The van der Waals surface area contributed by atoms with Crippen LogP contribution < -0.4 is 0 Å². The molecule has 0 heterocycles. The fourth-order valence-electron chi connectivity index (χ4n) is 0.797. The summed E-state index contributed by atoms with van der Waals surface area (Å²) in [6.45, 7) is 1.70. The molecule has 0 aliphatic heterocycles. The van der Waals surface area contributed by atoms with E-state index in [2.05, 4.69) is 15.9 Å². The van der Waals surface area contributed by atoms with Crippen molar-refractivity contribution in [3.05, 3.63) is 28.2 Å². The second kappa shape index (κ2) is 3.14. The summed E-state index contributed by atoms with van der Waals surface area (Å²) in [5.41, 5.74) is 0.703. The third-order valence-corrected chi connectivity index (χ3v) is 3.17. The maximum Gasteiger partial charge on any atom is 0.333 e. The van der Waals surface area contributed by atoms with Crippen LogP contribution in [0.4, 0.5) is 3.89 Å². The zero-order chi connectivity index (χ0) is 9.35. The first kappa shape index (κ1) is 9.67. The smallest absolute Gasteiger partial charge is 0.189 e. The van der Waals surface area contributed by atoms with Crippen LogP contribution in [0, 0.1) is 6.92 Å². The Bertz CT molecular complexity index is 400. The van der Waals surface area contributed by atoms with E-state index in [1.54, 1.807) is 13.0 Å². The Morgan fingerprint density at radius 3 is 2.42 bits per heavy atom. The third-order valence-electron chi connectivity index (χ3n) is 1.35. The van der Waals surface area contributed by atoms with Crippen molar-refractivity contribution in [1.29, 1.82) is 0 Å². The van der Waals surface area contributed by atoms with Crippen LogP contribution in [0.5, 0.6) is 0 Å². The van der Waals surface area contributed by atoms with Crippen molar-refractivity contribution in [3.8, 4) is 0 Å². The normalized spacial score (nSPS) is 11.6. The van der Waals surface area contributed by atoms with Gasteiger partial charge in [-0.05, 0) is 40.5 Å². The lowest BCUT2D eigenvalue weighted by molar-refractivity contribution is 0.551. The van der Waals surface area contributed by atoms with E-state index >= 15 is 0 Å². The zero-order valence-corrected chi connectivity index (χ0v) is 8.62. The molecule has 2 nitrogen and oxygen atoms in total. The summed E-state index contributed by atoms with van der Waals surface area (Å²) in [4.78, 5) is -0.317. The number of hydrogen-bond acceptors (Lipinski definition) is 2. The van der Waals surface area contributed by atoms with Gasteiger partial charge in [0.25, 0.3) is 0 Å². The number of rotatable bonds is 1. The predicted octanol–water partition coefficient (Wildman–Crippen LogP) is 2.42. The van der Waals surface area contributed by atoms with Gasteiger partial charge in [0.05, 0.1) is 0 Å². The van der Waals surface area contributed by atoms with Crippen molar-refractivity contribution in [2.45, 2.75) is 11.8 Å². The maximum absolute atomic E-state index is 12.5. The molecule has 0 fully saturated rings. The fourth-order valence-corrected chi connectivity index (χ4v) is 2.25. The Hall–Kier alpha value is -0.420. The van der Waals surface area contributed by atoms with Gasteiger partial charge in [0.15, 0.2) is 0 Å². The van der Waals surface area contributed by atoms with E-state index in [1.807, 2.05) is 0 Å². The molecule has 1 aromatic rings. The summed E-state index contributed by atoms with van der Waals surface area (Å²) in [7, 11) is -4.60. The van der Waals surface area contributed by atoms with Crippen LogP contribution in [0.15, 0.2) is 27.6 Å². The molecule has 5 heteroatoms. The lowest BCUT2D eigenvalue weighted by Crippen LogP contribution is -1.93. The highest BCUT2D eigenvalue weighted by Crippen LogP contribution is 2.24. The van der Waals surface area contributed by atoms with Crippen LogP contribution >= 0.6 is 15.9 Å². The average molecular weight is 253 g/mol.